The topological polar surface area (TPSA) is 25.2 Å². The fourth-order valence-corrected chi connectivity index (χ4v) is 2.42. The molecule has 0 bridgehead atoms. The maximum Gasteiger partial charge on any atom is 0.134 e. The van der Waals surface area contributed by atoms with Gasteiger partial charge in [0.2, 0.25) is 0 Å². The number of hydrogen-bond donors (Lipinski definition) is 1. The molecule has 0 radical (unpaired) electrons. The van der Waals surface area contributed by atoms with Crippen LogP contribution in [0.15, 0.2) is 59.0 Å². The van der Waals surface area contributed by atoms with Crippen LogP contribution in [0, 0.1) is 0 Å². The van der Waals surface area contributed by atoms with Crippen LogP contribution >= 0.6 is 0 Å². The zero-order valence-corrected chi connectivity index (χ0v) is 11.7. The Bertz CT molecular complexity index is 685. The molecule has 0 unspecified atom stereocenters. The summed E-state index contributed by atoms with van der Waals surface area (Å²) in [4.78, 5) is 0. The Kier molecular flexibility index (Phi) is 3.84. The molecule has 2 aromatic carbocycles. The number of furan rings is 1. The van der Waals surface area contributed by atoms with Crippen LogP contribution in [-0.4, -0.2) is 6.54 Å². The van der Waals surface area contributed by atoms with Crippen molar-refractivity contribution in [1.29, 1.82) is 0 Å². The summed E-state index contributed by atoms with van der Waals surface area (Å²) in [7, 11) is 0. The van der Waals surface area contributed by atoms with Gasteiger partial charge >= 0.3 is 0 Å². The second kappa shape index (κ2) is 5.93. The van der Waals surface area contributed by atoms with Gasteiger partial charge in [0.1, 0.15) is 11.3 Å². The molecule has 1 aromatic heterocycles. The summed E-state index contributed by atoms with van der Waals surface area (Å²) in [5.41, 5.74) is 3.62. The molecule has 2 nitrogen and oxygen atoms in total. The monoisotopic (exact) mass is 265 g/mol. The summed E-state index contributed by atoms with van der Waals surface area (Å²) < 4.78 is 5.81. The molecule has 1 heterocycles. The van der Waals surface area contributed by atoms with E-state index in [9.17, 15) is 0 Å². The molecule has 0 aliphatic rings. The van der Waals surface area contributed by atoms with E-state index in [2.05, 4.69) is 66.8 Å². The first kappa shape index (κ1) is 12.9. The van der Waals surface area contributed by atoms with Gasteiger partial charge in [0, 0.05) is 5.39 Å². The van der Waals surface area contributed by atoms with Crippen molar-refractivity contribution in [2.24, 2.45) is 0 Å². The predicted octanol–water partition coefficient (Wildman–Crippen LogP) is 4.13. The Morgan fingerprint density at radius 2 is 1.80 bits per heavy atom. The molecule has 0 saturated carbocycles. The van der Waals surface area contributed by atoms with Gasteiger partial charge in [-0.15, -0.1) is 0 Å². The molecule has 0 saturated heterocycles. The highest BCUT2D eigenvalue weighted by atomic mass is 16.3. The fraction of sp³-hybridized carbons (Fsp3) is 0.222. The minimum absolute atomic E-state index is 0.791. The third-order valence-corrected chi connectivity index (χ3v) is 3.43. The minimum atomic E-state index is 0.791. The molecule has 0 fully saturated rings. The van der Waals surface area contributed by atoms with Gasteiger partial charge in [-0.1, -0.05) is 43.3 Å². The maximum atomic E-state index is 5.81. The highest BCUT2D eigenvalue weighted by molar-refractivity contribution is 5.78. The Morgan fingerprint density at radius 3 is 2.60 bits per heavy atom. The van der Waals surface area contributed by atoms with Gasteiger partial charge in [0.05, 0.1) is 6.54 Å². The van der Waals surface area contributed by atoms with Crippen LogP contribution < -0.4 is 5.32 Å². The Balaban J connectivity index is 1.83. The SMILES string of the molecule is CCNCc1cc2cc(Cc3ccccc3)ccc2o1. The summed E-state index contributed by atoms with van der Waals surface area (Å²) in [6, 6.07) is 19.1. The Hall–Kier alpha value is -2.06. The fourth-order valence-electron chi connectivity index (χ4n) is 2.42. The highest BCUT2D eigenvalue weighted by Crippen LogP contribution is 2.22. The lowest BCUT2D eigenvalue weighted by molar-refractivity contribution is 0.520. The molecule has 0 spiro atoms. The van der Waals surface area contributed by atoms with E-state index < -0.39 is 0 Å². The van der Waals surface area contributed by atoms with E-state index in [0.29, 0.717) is 0 Å². The van der Waals surface area contributed by atoms with E-state index >= 15 is 0 Å². The van der Waals surface area contributed by atoms with Crippen LogP contribution in [0.3, 0.4) is 0 Å². The van der Waals surface area contributed by atoms with Crippen LogP contribution in [-0.2, 0) is 13.0 Å². The lowest BCUT2D eigenvalue weighted by atomic mass is 10.0. The van der Waals surface area contributed by atoms with Crippen molar-refractivity contribution < 1.29 is 4.42 Å². The van der Waals surface area contributed by atoms with Gasteiger partial charge in [0.15, 0.2) is 0 Å². The second-order valence-electron chi connectivity index (χ2n) is 5.03. The molecule has 3 rings (SSSR count). The van der Waals surface area contributed by atoms with Crippen LogP contribution in [0.1, 0.15) is 23.8 Å². The van der Waals surface area contributed by atoms with Crippen molar-refractivity contribution in [3.63, 3.8) is 0 Å². The van der Waals surface area contributed by atoms with Gasteiger partial charge in [-0.3, -0.25) is 0 Å². The highest BCUT2D eigenvalue weighted by Gasteiger charge is 2.04. The zero-order chi connectivity index (χ0) is 13.8. The van der Waals surface area contributed by atoms with Crippen molar-refractivity contribution in [2.75, 3.05) is 6.54 Å². The molecule has 3 aromatic rings. The molecular weight excluding hydrogens is 246 g/mol. The standard InChI is InChI=1S/C18H19NO/c1-2-19-13-17-12-16-11-15(8-9-18(16)20-17)10-14-6-4-3-5-7-14/h3-9,11-12,19H,2,10,13H2,1H3. The third kappa shape index (κ3) is 2.91. The van der Waals surface area contributed by atoms with Crippen molar-refractivity contribution >= 4 is 11.0 Å². The van der Waals surface area contributed by atoms with Gasteiger partial charge in [-0.05, 0) is 42.3 Å². The summed E-state index contributed by atoms with van der Waals surface area (Å²) in [6.07, 6.45) is 0.963. The van der Waals surface area contributed by atoms with E-state index in [1.165, 1.54) is 16.5 Å². The minimum Gasteiger partial charge on any atom is -0.460 e. The van der Waals surface area contributed by atoms with E-state index in [0.717, 1.165) is 30.9 Å². The van der Waals surface area contributed by atoms with Crippen molar-refractivity contribution in [3.05, 3.63) is 71.5 Å². The first-order valence-electron chi connectivity index (χ1n) is 7.11. The first-order chi connectivity index (χ1) is 9.85. The lowest BCUT2D eigenvalue weighted by Crippen LogP contribution is -2.10. The number of rotatable bonds is 5. The second-order valence-corrected chi connectivity index (χ2v) is 5.03. The molecule has 2 heteroatoms. The van der Waals surface area contributed by atoms with E-state index in [4.69, 9.17) is 4.42 Å². The molecular formula is C18H19NO. The lowest BCUT2D eigenvalue weighted by Gasteiger charge is -2.01. The number of benzene rings is 2. The smallest absolute Gasteiger partial charge is 0.134 e. The van der Waals surface area contributed by atoms with Crippen LogP contribution in [0.4, 0.5) is 0 Å². The average molecular weight is 265 g/mol. The zero-order valence-electron chi connectivity index (χ0n) is 11.7. The van der Waals surface area contributed by atoms with Crippen molar-refractivity contribution in [3.8, 4) is 0 Å². The third-order valence-electron chi connectivity index (χ3n) is 3.43. The predicted molar refractivity (Wildman–Crippen MR) is 82.8 cm³/mol. The molecule has 20 heavy (non-hydrogen) atoms. The van der Waals surface area contributed by atoms with Gasteiger partial charge in [-0.25, -0.2) is 0 Å². The summed E-state index contributed by atoms with van der Waals surface area (Å²) in [6.45, 7) is 3.84. The van der Waals surface area contributed by atoms with E-state index in [-0.39, 0.29) is 0 Å². The van der Waals surface area contributed by atoms with Gasteiger partial charge in [0.25, 0.3) is 0 Å². The molecule has 0 aliphatic heterocycles. The van der Waals surface area contributed by atoms with Crippen LogP contribution in [0.2, 0.25) is 0 Å². The van der Waals surface area contributed by atoms with Gasteiger partial charge in [-0.2, -0.15) is 0 Å². The quantitative estimate of drug-likeness (QED) is 0.750. The largest absolute Gasteiger partial charge is 0.460 e. The number of nitrogens with one attached hydrogen (secondary N) is 1. The maximum absolute atomic E-state index is 5.81. The molecule has 0 atom stereocenters. The van der Waals surface area contributed by atoms with E-state index in [1.807, 2.05) is 0 Å². The number of hydrogen-bond acceptors (Lipinski definition) is 2. The normalized spacial score (nSPS) is 11.1. The molecule has 1 N–H and O–H groups in total. The summed E-state index contributed by atoms with van der Waals surface area (Å²) in [5.74, 6) is 0.999. The molecule has 0 amide bonds. The van der Waals surface area contributed by atoms with Crippen molar-refractivity contribution in [1.82, 2.24) is 5.32 Å². The Morgan fingerprint density at radius 1 is 0.950 bits per heavy atom. The summed E-state index contributed by atoms with van der Waals surface area (Å²) in [5, 5.41) is 4.47. The van der Waals surface area contributed by atoms with E-state index in [1.54, 1.807) is 0 Å². The van der Waals surface area contributed by atoms with Crippen LogP contribution in [0.25, 0.3) is 11.0 Å². The molecule has 0 aliphatic carbocycles. The number of fused-ring (bicyclic) bond motifs is 1. The Labute approximate surface area is 119 Å². The average Bonchev–Trinajstić information content (AvgIpc) is 2.88. The van der Waals surface area contributed by atoms with Gasteiger partial charge < -0.3 is 9.73 Å². The first-order valence-corrected chi connectivity index (χ1v) is 7.11. The van der Waals surface area contributed by atoms with Crippen LogP contribution in [0.5, 0.6) is 0 Å². The van der Waals surface area contributed by atoms with Crippen molar-refractivity contribution in [2.45, 2.75) is 19.9 Å². The summed E-state index contributed by atoms with van der Waals surface area (Å²) >= 11 is 0. The molecule has 102 valence electrons.